The summed E-state index contributed by atoms with van der Waals surface area (Å²) in [5, 5.41) is 0. The molecule has 2 heteroatoms. The topological polar surface area (TPSA) is 0 Å². The third-order valence-electron chi connectivity index (χ3n) is 10.9. The molecule has 0 radical (unpaired) electrons. The van der Waals surface area contributed by atoms with Crippen molar-refractivity contribution in [2.45, 2.75) is 105 Å². The lowest BCUT2D eigenvalue weighted by Crippen LogP contribution is -2.19. The molecular formula is C30H56P2. The molecule has 0 heterocycles. The zero-order valence-corrected chi connectivity index (χ0v) is 24.0. The molecule has 0 amide bonds. The van der Waals surface area contributed by atoms with Crippen molar-refractivity contribution < 1.29 is 0 Å². The Morgan fingerprint density at radius 2 is 0.656 bits per heavy atom. The lowest BCUT2D eigenvalue weighted by molar-refractivity contribution is 0.448. The van der Waals surface area contributed by atoms with Crippen LogP contribution in [0.15, 0.2) is 0 Å². The highest BCUT2D eigenvalue weighted by molar-refractivity contribution is 7.61. The molecule has 4 fully saturated rings. The average Bonchev–Trinajstić information content (AvgIpc) is 3.55. The highest BCUT2D eigenvalue weighted by Gasteiger charge is 2.33. The average molecular weight is 479 g/mol. The Balaban J connectivity index is 1.37. The van der Waals surface area contributed by atoms with Crippen molar-refractivity contribution in [3.05, 3.63) is 0 Å². The summed E-state index contributed by atoms with van der Waals surface area (Å²) in [6, 6.07) is 0. The second-order valence-electron chi connectivity index (χ2n) is 13.2. The second-order valence-corrected chi connectivity index (χ2v) is 18.2. The van der Waals surface area contributed by atoms with Gasteiger partial charge in [-0.2, -0.15) is 0 Å². The zero-order valence-electron chi connectivity index (χ0n) is 22.2. The molecule has 9 atom stereocenters. The Morgan fingerprint density at radius 1 is 0.406 bits per heavy atom. The van der Waals surface area contributed by atoms with Crippen molar-refractivity contribution in [1.82, 2.24) is 0 Å². The van der Waals surface area contributed by atoms with Gasteiger partial charge in [0.2, 0.25) is 0 Å². The summed E-state index contributed by atoms with van der Waals surface area (Å²) in [5.74, 6) is 8.48. The smallest absolute Gasteiger partial charge is 0.0286 e. The third-order valence-corrected chi connectivity index (χ3v) is 16.9. The first-order valence-corrected chi connectivity index (χ1v) is 18.7. The first-order valence-electron chi connectivity index (χ1n) is 14.9. The molecule has 4 aliphatic carbocycles. The van der Waals surface area contributed by atoms with Crippen LogP contribution < -0.4 is 0 Å². The van der Waals surface area contributed by atoms with Crippen molar-refractivity contribution in [3.63, 3.8) is 0 Å². The fourth-order valence-electron chi connectivity index (χ4n) is 8.10. The molecule has 0 nitrogen and oxygen atoms in total. The van der Waals surface area contributed by atoms with Crippen LogP contribution in [0.25, 0.3) is 0 Å². The summed E-state index contributed by atoms with van der Waals surface area (Å²) in [4.78, 5) is 0. The van der Waals surface area contributed by atoms with E-state index < -0.39 is 0 Å². The van der Waals surface area contributed by atoms with Gasteiger partial charge in [-0.3, -0.25) is 0 Å². The van der Waals surface area contributed by atoms with E-state index in [9.17, 15) is 0 Å². The molecule has 4 aliphatic rings. The number of hydrogen-bond donors (Lipinski definition) is 0. The van der Waals surface area contributed by atoms with Gasteiger partial charge in [-0.25, -0.2) is 0 Å². The van der Waals surface area contributed by atoms with E-state index in [4.69, 9.17) is 0 Å². The third kappa shape index (κ3) is 7.19. The minimum atomic E-state index is 0.290. The van der Waals surface area contributed by atoms with Crippen LogP contribution in [0.3, 0.4) is 0 Å². The Morgan fingerprint density at radius 3 is 0.844 bits per heavy atom. The van der Waals surface area contributed by atoms with E-state index in [2.05, 4.69) is 27.7 Å². The van der Waals surface area contributed by atoms with Crippen molar-refractivity contribution in [2.24, 2.45) is 47.3 Å². The summed E-state index contributed by atoms with van der Waals surface area (Å²) in [6.45, 7) is 10.3. The van der Waals surface area contributed by atoms with Gasteiger partial charge in [0.1, 0.15) is 0 Å². The number of hydrogen-bond acceptors (Lipinski definition) is 0. The van der Waals surface area contributed by atoms with Gasteiger partial charge < -0.3 is 0 Å². The standard InChI is InChI=1S/C30H56P2/c1-23-9-5-13-27(23)19-31(20-28-14-6-10-24(28)2)17-18-32(21-29-15-7-11-25(29)3)22-30-16-8-12-26(30)4/h23-30H,5-22H2,1-4H3/t23-,24-,25?,26?,27-,28+,29?,30?,31?,32?/m0/s1. The van der Waals surface area contributed by atoms with Crippen LogP contribution in [0.5, 0.6) is 0 Å². The van der Waals surface area contributed by atoms with Gasteiger partial charge >= 0.3 is 0 Å². The van der Waals surface area contributed by atoms with E-state index in [-0.39, 0.29) is 15.8 Å². The molecule has 0 saturated heterocycles. The minimum absolute atomic E-state index is 0.290. The molecule has 0 aromatic carbocycles. The maximum Gasteiger partial charge on any atom is -0.0286 e. The van der Waals surface area contributed by atoms with E-state index in [0.717, 1.165) is 47.3 Å². The second kappa shape index (κ2) is 12.7. The molecule has 0 aromatic heterocycles. The van der Waals surface area contributed by atoms with E-state index >= 15 is 0 Å². The molecular weight excluding hydrogens is 422 g/mol. The van der Waals surface area contributed by atoms with Crippen LogP contribution in [0.2, 0.25) is 0 Å². The maximum atomic E-state index is 2.58. The fraction of sp³-hybridized carbons (Fsp3) is 1.00. The Kier molecular flexibility index (Phi) is 10.3. The van der Waals surface area contributed by atoms with E-state index in [0.29, 0.717) is 0 Å². The predicted octanol–water partition coefficient (Wildman–Crippen LogP) is 9.69. The number of rotatable bonds is 11. The first-order chi connectivity index (χ1) is 15.5. The van der Waals surface area contributed by atoms with Gasteiger partial charge in [0.25, 0.3) is 0 Å². The van der Waals surface area contributed by atoms with Gasteiger partial charge in [-0.15, -0.1) is 15.8 Å². The van der Waals surface area contributed by atoms with Gasteiger partial charge in [0.15, 0.2) is 0 Å². The van der Waals surface area contributed by atoms with Crippen molar-refractivity contribution in [2.75, 3.05) is 37.0 Å². The van der Waals surface area contributed by atoms with Gasteiger partial charge in [0, 0.05) is 0 Å². The van der Waals surface area contributed by atoms with Gasteiger partial charge in [-0.05, 0) is 110 Å². The molecule has 0 N–H and O–H groups in total. The highest BCUT2D eigenvalue weighted by atomic mass is 31.1. The summed E-state index contributed by atoms with van der Waals surface area (Å²) < 4.78 is 0. The van der Waals surface area contributed by atoms with E-state index in [1.165, 1.54) is 51.4 Å². The first kappa shape index (κ1) is 25.9. The zero-order chi connectivity index (χ0) is 22.5. The van der Waals surface area contributed by atoms with Crippen LogP contribution in [0.1, 0.15) is 105 Å². The lowest BCUT2D eigenvalue weighted by Gasteiger charge is -2.32. The van der Waals surface area contributed by atoms with Crippen molar-refractivity contribution in [1.29, 1.82) is 0 Å². The highest BCUT2D eigenvalue weighted by Crippen LogP contribution is 2.54. The van der Waals surface area contributed by atoms with E-state index in [1.807, 2.05) is 0 Å². The molecule has 186 valence electrons. The molecule has 0 spiro atoms. The SMILES string of the molecule is CC1CCCC1CP(CCP(C[C@H]1CCC[C@@H]1C)C[C@@H]1CCC[C@@H]1C)CC1CCCC1C. The van der Waals surface area contributed by atoms with Gasteiger partial charge in [-0.1, -0.05) is 79.1 Å². The maximum absolute atomic E-state index is 2.58. The molecule has 4 rings (SSSR count). The Bertz CT molecular complexity index is 455. The Labute approximate surface area is 204 Å². The molecule has 5 unspecified atom stereocenters. The predicted molar refractivity (Wildman–Crippen MR) is 149 cm³/mol. The van der Waals surface area contributed by atoms with Crippen LogP contribution in [-0.2, 0) is 0 Å². The van der Waals surface area contributed by atoms with Gasteiger partial charge in [0.05, 0.1) is 0 Å². The van der Waals surface area contributed by atoms with Crippen LogP contribution in [-0.4, -0.2) is 37.0 Å². The fourth-order valence-corrected chi connectivity index (χ4v) is 16.2. The monoisotopic (exact) mass is 478 g/mol. The molecule has 0 aromatic rings. The lowest BCUT2D eigenvalue weighted by atomic mass is 10.0. The minimum Gasteiger partial charge on any atom is -0.106 e. The molecule has 4 saturated carbocycles. The molecule has 0 aliphatic heterocycles. The van der Waals surface area contributed by atoms with Crippen molar-refractivity contribution >= 4 is 15.8 Å². The summed E-state index contributed by atoms with van der Waals surface area (Å²) in [6.07, 6.45) is 28.4. The van der Waals surface area contributed by atoms with Crippen LogP contribution in [0.4, 0.5) is 0 Å². The molecule has 0 bridgehead atoms. The largest absolute Gasteiger partial charge is 0.106 e. The summed E-state index contributed by atoms with van der Waals surface area (Å²) >= 11 is 0. The van der Waals surface area contributed by atoms with Crippen LogP contribution >= 0.6 is 15.8 Å². The summed E-state index contributed by atoms with van der Waals surface area (Å²) in [7, 11) is 0.580. The Hall–Kier alpha value is 0.860. The van der Waals surface area contributed by atoms with E-state index in [1.54, 1.807) is 62.7 Å². The van der Waals surface area contributed by atoms with Crippen molar-refractivity contribution in [3.8, 4) is 0 Å². The summed E-state index contributed by atoms with van der Waals surface area (Å²) in [5.41, 5.74) is 0. The van der Waals surface area contributed by atoms with Crippen LogP contribution in [0, 0.1) is 47.3 Å². The molecule has 32 heavy (non-hydrogen) atoms. The normalized spacial score (nSPS) is 42.0. The quantitative estimate of drug-likeness (QED) is 0.259.